The van der Waals surface area contributed by atoms with E-state index in [9.17, 15) is 13.9 Å². The van der Waals surface area contributed by atoms with Crippen LogP contribution in [0.5, 0.6) is 0 Å². The van der Waals surface area contributed by atoms with Gasteiger partial charge in [0.1, 0.15) is 0 Å². The molecule has 0 aromatic heterocycles. The van der Waals surface area contributed by atoms with Gasteiger partial charge in [-0.25, -0.2) is 8.78 Å². The summed E-state index contributed by atoms with van der Waals surface area (Å²) in [5.74, 6) is 0. The van der Waals surface area contributed by atoms with Crippen molar-refractivity contribution >= 4 is 0 Å². The average Bonchev–Trinajstić information content (AvgIpc) is 2.87. The Labute approximate surface area is 147 Å². The Morgan fingerprint density at radius 3 is 2.32 bits per heavy atom. The van der Waals surface area contributed by atoms with E-state index in [1.54, 1.807) is 12.1 Å². The maximum Gasteiger partial charge on any atom is 0.263 e. The lowest BCUT2D eigenvalue weighted by Crippen LogP contribution is -2.49. The van der Waals surface area contributed by atoms with Crippen molar-refractivity contribution in [2.24, 2.45) is 0 Å². The van der Waals surface area contributed by atoms with Gasteiger partial charge in [0.05, 0.1) is 5.60 Å². The van der Waals surface area contributed by atoms with Crippen molar-refractivity contribution in [3.8, 4) is 0 Å². The van der Waals surface area contributed by atoms with E-state index in [0.717, 1.165) is 19.4 Å². The van der Waals surface area contributed by atoms with Gasteiger partial charge in [-0.1, -0.05) is 48.5 Å². The van der Waals surface area contributed by atoms with Crippen LogP contribution in [0.3, 0.4) is 0 Å². The maximum absolute atomic E-state index is 13.0. The summed E-state index contributed by atoms with van der Waals surface area (Å²) in [6.45, 7) is 0.892. The molecule has 2 nitrogen and oxygen atoms in total. The first-order chi connectivity index (χ1) is 12.0. The van der Waals surface area contributed by atoms with Crippen LogP contribution in [0.15, 0.2) is 54.6 Å². The molecule has 2 aromatic rings. The molecule has 0 aliphatic carbocycles. The first kappa shape index (κ1) is 16.7. The van der Waals surface area contributed by atoms with Crippen LogP contribution in [-0.2, 0) is 12.1 Å². The van der Waals surface area contributed by atoms with E-state index in [2.05, 4.69) is 17.0 Å². The van der Waals surface area contributed by atoms with Gasteiger partial charge in [-0.05, 0) is 42.9 Å². The van der Waals surface area contributed by atoms with Gasteiger partial charge in [0.25, 0.3) is 6.43 Å². The van der Waals surface area contributed by atoms with E-state index >= 15 is 0 Å². The third kappa shape index (κ3) is 3.21. The number of aliphatic hydroxyl groups is 1. The zero-order valence-electron chi connectivity index (χ0n) is 14.1. The molecule has 25 heavy (non-hydrogen) atoms. The molecule has 0 saturated carbocycles. The monoisotopic (exact) mass is 343 g/mol. The molecular weight excluding hydrogens is 320 g/mol. The van der Waals surface area contributed by atoms with Crippen molar-refractivity contribution in [2.45, 2.75) is 56.3 Å². The van der Waals surface area contributed by atoms with Crippen molar-refractivity contribution in [2.75, 3.05) is 0 Å². The largest absolute Gasteiger partial charge is 0.385 e. The lowest BCUT2D eigenvalue weighted by atomic mass is 9.80. The Morgan fingerprint density at radius 2 is 1.68 bits per heavy atom. The molecular formula is C21H23F2NO. The van der Waals surface area contributed by atoms with Gasteiger partial charge >= 0.3 is 0 Å². The molecule has 2 unspecified atom stereocenters. The third-order valence-corrected chi connectivity index (χ3v) is 5.80. The number of hydrogen-bond donors (Lipinski definition) is 1. The molecule has 0 spiro atoms. The Hall–Kier alpha value is -1.78. The molecule has 1 N–H and O–H groups in total. The Morgan fingerprint density at radius 1 is 1.00 bits per heavy atom. The maximum atomic E-state index is 13.0. The topological polar surface area (TPSA) is 23.5 Å². The smallest absolute Gasteiger partial charge is 0.263 e. The van der Waals surface area contributed by atoms with Crippen LogP contribution in [0.2, 0.25) is 0 Å². The fourth-order valence-corrected chi connectivity index (χ4v) is 4.57. The summed E-state index contributed by atoms with van der Waals surface area (Å²) in [4.78, 5) is 2.49. The van der Waals surface area contributed by atoms with Gasteiger partial charge in [0.2, 0.25) is 0 Å². The normalized spacial score (nSPS) is 29.3. The third-order valence-electron chi connectivity index (χ3n) is 5.80. The lowest BCUT2D eigenvalue weighted by molar-refractivity contribution is -0.0596. The summed E-state index contributed by atoms with van der Waals surface area (Å²) in [7, 11) is 0. The standard InChI is InChI=1S/C21H23F2NO/c22-20(23)16-7-4-8-17(11-16)21(25)12-18-9-10-19(13-21)24(18)14-15-5-2-1-3-6-15/h1-8,11,18-20,25H,9-10,12-14H2. The number of fused-ring (bicyclic) bond motifs is 2. The van der Waals surface area contributed by atoms with E-state index in [1.807, 2.05) is 18.2 Å². The molecule has 132 valence electrons. The van der Waals surface area contributed by atoms with Gasteiger partial charge < -0.3 is 5.11 Å². The van der Waals surface area contributed by atoms with Crippen LogP contribution in [-0.4, -0.2) is 22.1 Å². The second-order valence-corrected chi connectivity index (χ2v) is 7.41. The van der Waals surface area contributed by atoms with Crippen LogP contribution >= 0.6 is 0 Å². The average molecular weight is 343 g/mol. The van der Waals surface area contributed by atoms with E-state index in [1.165, 1.54) is 17.7 Å². The fraction of sp³-hybridized carbons (Fsp3) is 0.429. The number of rotatable bonds is 4. The van der Waals surface area contributed by atoms with Gasteiger partial charge in [0.15, 0.2) is 0 Å². The summed E-state index contributed by atoms with van der Waals surface area (Å²) >= 11 is 0. The lowest BCUT2D eigenvalue weighted by Gasteiger charge is -2.44. The van der Waals surface area contributed by atoms with Crippen molar-refractivity contribution in [1.82, 2.24) is 4.90 Å². The molecule has 2 aromatic carbocycles. The van der Waals surface area contributed by atoms with Gasteiger partial charge in [-0.15, -0.1) is 0 Å². The van der Waals surface area contributed by atoms with Crippen LogP contribution in [0, 0.1) is 0 Å². The highest BCUT2D eigenvalue weighted by molar-refractivity contribution is 5.31. The summed E-state index contributed by atoms with van der Waals surface area (Å²) in [5, 5.41) is 11.2. The van der Waals surface area contributed by atoms with Crippen molar-refractivity contribution in [3.05, 3.63) is 71.3 Å². The second kappa shape index (κ2) is 6.50. The number of nitrogens with zero attached hydrogens (tertiary/aromatic N) is 1. The minimum Gasteiger partial charge on any atom is -0.385 e. The fourth-order valence-electron chi connectivity index (χ4n) is 4.57. The van der Waals surface area contributed by atoms with Crippen LogP contribution < -0.4 is 0 Å². The zero-order valence-corrected chi connectivity index (χ0v) is 14.1. The summed E-state index contributed by atoms with van der Waals surface area (Å²) in [5.41, 5.74) is 0.917. The van der Waals surface area contributed by atoms with E-state index < -0.39 is 12.0 Å². The number of halogens is 2. The molecule has 2 aliphatic heterocycles. The Balaban J connectivity index is 1.55. The minimum absolute atomic E-state index is 0.00927. The van der Waals surface area contributed by atoms with Crippen LogP contribution in [0.1, 0.15) is 48.8 Å². The zero-order chi connectivity index (χ0) is 17.4. The van der Waals surface area contributed by atoms with E-state index in [0.29, 0.717) is 30.5 Å². The molecule has 4 heteroatoms. The van der Waals surface area contributed by atoms with Crippen LogP contribution in [0.25, 0.3) is 0 Å². The van der Waals surface area contributed by atoms with Gasteiger partial charge in [-0.3, -0.25) is 4.90 Å². The highest BCUT2D eigenvalue weighted by Gasteiger charge is 2.48. The summed E-state index contributed by atoms with van der Waals surface area (Å²) < 4.78 is 26.0. The summed E-state index contributed by atoms with van der Waals surface area (Å²) in [6.07, 6.45) is 0.854. The van der Waals surface area contributed by atoms with Gasteiger partial charge in [0, 0.05) is 24.2 Å². The number of piperidine rings is 1. The molecule has 2 bridgehead atoms. The minimum atomic E-state index is -2.50. The predicted octanol–water partition coefficient (Wildman–Crippen LogP) is 4.64. The molecule has 2 aliphatic rings. The number of alkyl halides is 2. The first-order valence-electron chi connectivity index (χ1n) is 8.96. The molecule has 0 radical (unpaired) electrons. The van der Waals surface area contributed by atoms with E-state index in [-0.39, 0.29) is 5.56 Å². The molecule has 2 heterocycles. The molecule has 2 fully saturated rings. The number of hydrogen-bond acceptors (Lipinski definition) is 2. The van der Waals surface area contributed by atoms with Crippen molar-refractivity contribution in [3.63, 3.8) is 0 Å². The highest BCUT2D eigenvalue weighted by atomic mass is 19.3. The van der Waals surface area contributed by atoms with Crippen molar-refractivity contribution in [1.29, 1.82) is 0 Å². The van der Waals surface area contributed by atoms with Gasteiger partial charge in [-0.2, -0.15) is 0 Å². The molecule has 4 rings (SSSR count). The predicted molar refractivity (Wildman–Crippen MR) is 93.3 cm³/mol. The molecule has 0 amide bonds. The Kier molecular flexibility index (Phi) is 4.34. The highest BCUT2D eigenvalue weighted by Crippen LogP contribution is 2.46. The summed E-state index contributed by atoms with van der Waals surface area (Å²) in [6, 6.07) is 17.3. The van der Waals surface area contributed by atoms with Crippen molar-refractivity contribution < 1.29 is 13.9 Å². The van der Waals surface area contributed by atoms with Crippen LogP contribution in [0.4, 0.5) is 8.78 Å². The van der Waals surface area contributed by atoms with E-state index in [4.69, 9.17) is 0 Å². The SMILES string of the molecule is OC1(c2cccc(C(F)F)c2)CC2CCC(C1)N2Cc1ccccc1. The second-order valence-electron chi connectivity index (χ2n) is 7.41. The molecule has 2 saturated heterocycles. The molecule has 2 atom stereocenters. The Bertz CT molecular complexity index is 720. The first-order valence-corrected chi connectivity index (χ1v) is 8.96. The quantitative estimate of drug-likeness (QED) is 0.874. The number of benzene rings is 2.